The zero-order valence-electron chi connectivity index (χ0n) is 27.5. The smallest absolute Gasteiger partial charge is 0.159 e. The molecule has 0 aliphatic carbocycles. The van der Waals surface area contributed by atoms with Gasteiger partial charge in [-0.05, 0) is 50.9 Å². The van der Waals surface area contributed by atoms with Gasteiger partial charge in [-0.15, -0.1) is 0 Å². The molecule has 5 heteroatoms. The van der Waals surface area contributed by atoms with Gasteiger partial charge in [0.15, 0.2) is 5.84 Å². The van der Waals surface area contributed by atoms with Crippen molar-refractivity contribution in [1.29, 1.82) is 0 Å². The second-order valence-electron chi connectivity index (χ2n) is 12.9. The van der Waals surface area contributed by atoms with Crippen molar-refractivity contribution in [2.45, 2.75) is 6.17 Å². The maximum Gasteiger partial charge on any atom is 0.159 e. The van der Waals surface area contributed by atoms with Crippen LogP contribution in [-0.2, 0) is 0 Å². The number of aliphatic imine (C=N–C) groups is 2. The molecule has 0 radical (unpaired) electrons. The van der Waals surface area contributed by atoms with Gasteiger partial charge in [-0.2, -0.15) is 0 Å². The predicted molar refractivity (Wildman–Crippen MR) is 209 cm³/mol. The van der Waals surface area contributed by atoms with Gasteiger partial charge in [0.25, 0.3) is 0 Å². The maximum absolute atomic E-state index is 6.85. The van der Waals surface area contributed by atoms with Crippen LogP contribution in [0.5, 0.6) is 0 Å². The van der Waals surface area contributed by atoms with E-state index in [4.69, 9.17) is 19.4 Å². The summed E-state index contributed by atoms with van der Waals surface area (Å²) in [6.45, 7) is 0. The van der Waals surface area contributed by atoms with Crippen molar-refractivity contribution in [3.05, 3.63) is 187 Å². The highest BCUT2D eigenvalue weighted by atomic mass is 16.3. The summed E-state index contributed by atoms with van der Waals surface area (Å²) in [7, 11) is 0. The summed E-state index contributed by atoms with van der Waals surface area (Å²) < 4.78 is 6.85. The number of amidine groups is 2. The van der Waals surface area contributed by atoms with Gasteiger partial charge < -0.3 is 9.73 Å². The van der Waals surface area contributed by atoms with Crippen LogP contribution in [0.25, 0.3) is 65.9 Å². The summed E-state index contributed by atoms with van der Waals surface area (Å²) in [4.78, 5) is 15.5. The van der Waals surface area contributed by atoms with E-state index in [0.717, 1.165) is 77.6 Å². The molecule has 1 aliphatic rings. The molecule has 0 saturated carbocycles. The van der Waals surface area contributed by atoms with Crippen LogP contribution in [-0.4, -0.2) is 16.7 Å². The molecule has 0 spiro atoms. The topological polar surface area (TPSA) is 62.8 Å². The number of benzene rings is 7. The summed E-state index contributed by atoms with van der Waals surface area (Å²) in [5.74, 6) is 1.41. The highest BCUT2D eigenvalue weighted by molar-refractivity contribution is 6.21. The first-order chi connectivity index (χ1) is 25.3. The molecular weight excluding hydrogens is 625 g/mol. The van der Waals surface area contributed by atoms with Crippen molar-refractivity contribution < 1.29 is 4.42 Å². The largest absolute Gasteiger partial charge is 0.455 e. The number of furan rings is 1. The van der Waals surface area contributed by atoms with Crippen LogP contribution in [0.15, 0.2) is 184 Å². The van der Waals surface area contributed by atoms with Gasteiger partial charge in [0.05, 0.1) is 11.1 Å². The van der Waals surface area contributed by atoms with Gasteiger partial charge in [0.2, 0.25) is 0 Å². The minimum atomic E-state index is -0.314. The normalized spacial score (nSPS) is 14.5. The van der Waals surface area contributed by atoms with E-state index in [1.165, 1.54) is 10.8 Å². The van der Waals surface area contributed by atoms with Crippen molar-refractivity contribution in [1.82, 2.24) is 10.3 Å². The third-order valence-corrected chi connectivity index (χ3v) is 9.75. The molecule has 5 nitrogen and oxygen atoms in total. The molecule has 0 bridgehead atoms. The number of hydrogen-bond donors (Lipinski definition) is 1. The molecule has 0 fully saturated rings. The molecule has 10 rings (SSSR count). The molecule has 1 unspecified atom stereocenters. The third-order valence-electron chi connectivity index (χ3n) is 9.75. The summed E-state index contributed by atoms with van der Waals surface area (Å²) in [5, 5.41) is 10.3. The molecule has 1 atom stereocenters. The monoisotopic (exact) mass is 654 g/mol. The van der Waals surface area contributed by atoms with E-state index in [1.807, 2.05) is 42.6 Å². The van der Waals surface area contributed by atoms with Gasteiger partial charge in [-0.25, -0.2) is 9.98 Å². The Balaban J connectivity index is 1.21. The van der Waals surface area contributed by atoms with Gasteiger partial charge in [-0.1, -0.05) is 146 Å². The second kappa shape index (κ2) is 11.9. The quantitative estimate of drug-likeness (QED) is 0.201. The molecular formula is C46H30N4O. The van der Waals surface area contributed by atoms with Crippen LogP contribution < -0.4 is 5.32 Å². The fourth-order valence-corrected chi connectivity index (χ4v) is 7.23. The van der Waals surface area contributed by atoms with Gasteiger partial charge in [0, 0.05) is 33.8 Å². The van der Waals surface area contributed by atoms with E-state index in [9.17, 15) is 0 Å². The van der Waals surface area contributed by atoms with Crippen molar-refractivity contribution in [3.63, 3.8) is 0 Å². The molecule has 7 aromatic carbocycles. The maximum atomic E-state index is 6.85. The average Bonchev–Trinajstić information content (AvgIpc) is 3.58. The SMILES string of the molecule is c1ccc(C2=NC(c3ccccc3)NC(c3ccccc3-c3ncc(-c4ccc5ccccc5c4)c4oc5cc6ccccc6cc5c34)=N2)cc1. The Morgan fingerprint density at radius 1 is 0.529 bits per heavy atom. The molecule has 1 aliphatic heterocycles. The number of nitrogens with zero attached hydrogens (tertiary/aromatic N) is 3. The van der Waals surface area contributed by atoms with E-state index in [2.05, 4.69) is 133 Å². The fraction of sp³-hybridized carbons (Fsp3) is 0.0217. The van der Waals surface area contributed by atoms with Crippen LogP contribution in [0.1, 0.15) is 22.9 Å². The van der Waals surface area contributed by atoms with Crippen LogP contribution in [0, 0.1) is 0 Å². The second-order valence-corrected chi connectivity index (χ2v) is 12.9. The van der Waals surface area contributed by atoms with Crippen molar-refractivity contribution >= 4 is 55.2 Å². The fourth-order valence-electron chi connectivity index (χ4n) is 7.23. The van der Waals surface area contributed by atoms with E-state index in [-0.39, 0.29) is 6.17 Å². The van der Waals surface area contributed by atoms with Crippen LogP contribution in [0.4, 0.5) is 0 Å². The van der Waals surface area contributed by atoms with Crippen LogP contribution >= 0.6 is 0 Å². The minimum Gasteiger partial charge on any atom is -0.455 e. The van der Waals surface area contributed by atoms with Crippen molar-refractivity contribution in [2.75, 3.05) is 0 Å². The molecule has 1 N–H and O–H groups in total. The Labute approximate surface area is 294 Å². The van der Waals surface area contributed by atoms with Gasteiger partial charge >= 0.3 is 0 Å². The highest BCUT2D eigenvalue weighted by Gasteiger charge is 2.25. The van der Waals surface area contributed by atoms with Crippen molar-refractivity contribution in [3.8, 4) is 22.4 Å². The average molecular weight is 655 g/mol. The van der Waals surface area contributed by atoms with Gasteiger partial charge in [-0.3, -0.25) is 4.98 Å². The zero-order valence-corrected chi connectivity index (χ0v) is 27.5. The van der Waals surface area contributed by atoms with Crippen LogP contribution in [0.2, 0.25) is 0 Å². The van der Waals surface area contributed by atoms with E-state index in [1.54, 1.807) is 0 Å². The molecule has 0 saturated heterocycles. The summed E-state index contributed by atoms with van der Waals surface area (Å²) in [6.07, 6.45) is 1.65. The Bertz CT molecular complexity index is 2840. The standard InChI is InChI=1S/C46H30N4O/c1-3-14-30(15-4-1)44-48-45(31-16-5-2-6-17-31)50-46(49-44)37-22-12-11-21-36(37)42-41-38-26-33-19-9-10-20-34(33)27-40(38)51-43(41)39(28-47-42)35-24-23-29-13-7-8-18-32(29)25-35/h1-28,44H,(H,48,49,50). The zero-order chi connectivity index (χ0) is 33.7. The number of aromatic nitrogens is 1. The Morgan fingerprint density at radius 3 is 1.96 bits per heavy atom. The lowest BCUT2D eigenvalue weighted by Crippen LogP contribution is -2.34. The molecule has 240 valence electrons. The molecule has 3 heterocycles. The minimum absolute atomic E-state index is 0.314. The first-order valence-corrected chi connectivity index (χ1v) is 17.1. The molecule has 2 aromatic heterocycles. The number of rotatable bonds is 5. The molecule has 9 aromatic rings. The van der Waals surface area contributed by atoms with E-state index >= 15 is 0 Å². The number of hydrogen-bond acceptors (Lipinski definition) is 5. The Kier molecular flexibility index (Phi) is 6.81. The molecule has 0 amide bonds. The number of nitrogens with one attached hydrogen (secondary N) is 1. The number of pyridine rings is 1. The lowest BCUT2D eigenvalue weighted by atomic mass is 9.95. The van der Waals surface area contributed by atoms with E-state index in [0.29, 0.717) is 5.84 Å². The predicted octanol–water partition coefficient (Wildman–Crippen LogP) is 11.1. The number of fused-ring (bicyclic) bond motifs is 5. The van der Waals surface area contributed by atoms with E-state index < -0.39 is 0 Å². The molecule has 51 heavy (non-hydrogen) atoms. The van der Waals surface area contributed by atoms with Gasteiger partial charge in [0.1, 0.15) is 23.2 Å². The third kappa shape index (κ3) is 5.06. The first-order valence-electron chi connectivity index (χ1n) is 17.1. The van der Waals surface area contributed by atoms with Crippen LogP contribution in [0.3, 0.4) is 0 Å². The first kappa shape index (κ1) is 29.1. The Hall–Kier alpha value is -6.85. The Morgan fingerprint density at radius 2 is 1.18 bits per heavy atom. The van der Waals surface area contributed by atoms with Crippen molar-refractivity contribution in [2.24, 2.45) is 9.98 Å². The highest BCUT2D eigenvalue weighted by Crippen LogP contribution is 2.43. The summed E-state index contributed by atoms with van der Waals surface area (Å²) >= 11 is 0. The summed E-state index contributed by atoms with van der Waals surface area (Å²) in [6, 6.07) is 56.6. The lowest BCUT2D eigenvalue weighted by Gasteiger charge is -2.24. The lowest BCUT2D eigenvalue weighted by molar-refractivity contribution is 0.670. The summed E-state index contributed by atoms with van der Waals surface area (Å²) in [5.41, 5.74) is 8.39.